The lowest BCUT2D eigenvalue weighted by Crippen LogP contribution is -2.27. The predicted molar refractivity (Wildman–Crippen MR) is 71.5 cm³/mol. The standard InChI is InChI=1S/C13H19N3O2/c1-15(2)12(17)9-10-6-5-7-11(8-10)14-13(18)16(3)4/h5-8H,9H2,1-4H3,(H,14,18). The fourth-order valence-corrected chi connectivity index (χ4v) is 1.33. The van der Waals surface area contributed by atoms with Gasteiger partial charge in [0.2, 0.25) is 5.91 Å². The smallest absolute Gasteiger partial charge is 0.321 e. The number of hydrogen-bond acceptors (Lipinski definition) is 2. The van der Waals surface area contributed by atoms with E-state index in [2.05, 4.69) is 5.32 Å². The van der Waals surface area contributed by atoms with Crippen molar-refractivity contribution in [3.05, 3.63) is 29.8 Å². The maximum absolute atomic E-state index is 11.6. The Kier molecular flexibility index (Phi) is 4.71. The van der Waals surface area contributed by atoms with E-state index in [1.807, 2.05) is 18.2 Å². The van der Waals surface area contributed by atoms with Gasteiger partial charge in [0.05, 0.1) is 6.42 Å². The molecule has 0 spiro atoms. The van der Waals surface area contributed by atoms with E-state index in [9.17, 15) is 9.59 Å². The summed E-state index contributed by atoms with van der Waals surface area (Å²) in [7, 11) is 6.80. The molecule has 0 atom stereocenters. The molecule has 5 nitrogen and oxygen atoms in total. The molecule has 0 unspecified atom stereocenters. The Bertz CT molecular complexity index is 404. The van der Waals surface area contributed by atoms with Crippen LogP contribution in [-0.2, 0) is 11.2 Å². The number of amides is 3. The first-order chi connectivity index (χ1) is 8.40. The lowest BCUT2D eigenvalue weighted by atomic mass is 10.1. The van der Waals surface area contributed by atoms with Crippen molar-refractivity contribution in [2.75, 3.05) is 33.5 Å². The Morgan fingerprint density at radius 1 is 1.11 bits per heavy atom. The van der Waals surface area contributed by atoms with E-state index >= 15 is 0 Å². The Morgan fingerprint density at radius 2 is 1.78 bits per heavy atom. The van der Waals surface area contributed by atoms with Crippen LogP contribution in [0.5, 0.6) is 0 Å². The van der Waals surface area contributed by atoms with Crippen molar-refractivity contribution in [2.45, 2.75) is 6.42 Å². The molecule has 1 aromatic carbocycles. The molecular formula is C13H19N3O2. The molecule has 5 heteroatoms. The largest absolute Gasteiger partial charge is 0.349 e. The second-order valence-corrected chi connectivity index (χ2v) is 4.49. The van der Waals surface area contributed by atoms with Gasteiger partial charge in [-0.2, -0.15) is 0 Å². The molecule has 0 heterocycles. The summed E-state index contributed by atoms with van der Waals surface area (Å²) >= 11 is 0. The first-order valence-corrected chi connectivity index (χ1v) is 5.67. The van der Waals surface area contributed by atoms with E-state index in [1.54, 1.807) is 39.2 Å². The molecule has 0 aliphatic rings. The molecule has 18 heavy (non-hydrogen) atoms. The van der Waals surface area contributed by atoms with Crippen LogP contribution in [0.15, 0.2) is 24.3 Å². The molecule has 98 valence electrons. The highest BCUT2D eigenvalue weighted by atomic mass is 16.2. The topological polar surface area (TPSA) is 52.7 Å². The molecule has 0 saturated carbocycles. The van der Waals surface area contributed by atoms with Crippen molar-refractivity contribution in [3.8, 4) is 0 Å². The minimum atomic E-state index is -0.189. The van der Waals surface area contributed by atoms with Crippen LogP contribution in [0.3, 0.4) is 0 Å². The fraction of sp³-hybridized carbons (Fsp3) is 0.385. The predicted octanol–water partition coefficient (Wildman–Crippen LogP) is 1.41. The first-order valence-electron chi connectivity index (χ1n) is 5.67. The molecule has 0 aromatic heterocycles. The molecule has 0 fully saturated rings. The number of likely N-dealkylation sites (N-methyl/N-ethyl adjacent to an activating group) is 1. The highest BCUT2D eigenvalue weighted by Crippen LogP contribution is 2.12. The second-order valence-electron chi connectivity index (χ2n) is 4.49. The van der Waals surface area contributed by atoms with Gasteiger partial charge in [-0.05, 0) is 17.7 Å². The van der Waals surface area contributed by atoms with Crippen LogP contribution in [0.1, 0.15) is 5.56 Å². The number of benzene rings is 1. The van der Waals surface area contributed by atoms with Gasteiger partial charge >= 0.3 is 6.03 Å². The normalized spacial score (nSPS) is 9.78. The Hall–Kier alpha value is -2.04. The van der Waals surface area contributed by atoms with Gasteiger partial charge in [-0.1, -0.05) is 12.1 Å². The van der Waals surface area contributed by atoms with Crippen LogP contribution < -0.4 is 5.32 Å². The maximum Gasteiger partial charge on any atom is 0.321 e. The Balaban J connectivity index is 2.74. The van der Waals surface area contributed by atoms with Gasteiger partial charge in [0.15, 0.2) is 0 Å². The van der Waals surface area contributed by atoms with Crippen LogP contribution in [-0.4, -0.2) is 49.9 Å². The highest BCUT2D eigenvalue weighted by molar-refractivity contribution is 5.89. The third kappa shape index (κ3) is 4.08. The van der Waals surface area contributed by atoms with E-state index in [0.717, 1.165) is 5.56 Å². The number of urea groups is 1. The average Bonchev–Trinajstić information content (AvgIpc) is 2.29. The molecule has 0 aliphatic heterocycles. The second kappa shape index (κ2) is 6.05. The van der Waals surface area contributed by atoms with Gasteiger partial charge in [-0.15, -0.1) is 0 Å². The Labute approximate surface area is 107 Å². The summed E-state index contributed by atoms with van der Waals surface area (Å²) in [6, 6.07) is 7.11. The quantitative estimate of drug-likeness (QED) is 0.880. The van der Waals surface area contributed by atoms with Gasteiger partial charge in [-0.3, -0.25) is 4.79 Å². The first kappa shape index (κ1) is 14.0. The average molecular weight is 249 g/mol. The molecule has 0 aliphatic carbocycles. The number of hydrogen-bond donors (Lipinski definition) is 1. The monoisotopic (exact) mass is 249 g/mol. The number of carbonyl (C=O) groups excluding carboxylic acids is 2. The molecule has 0 radical (unpaired) electrons. The fourth-order valence-electron chi connectivity index (χ4n) is 1.33. The zero-order valence-electron chi connectivity index (χ0n) is 11.2. The van der Waals surface area contributed by atoms with Crippen molar-refractivity contribution >= 4 is 17.6 Å². The molecule has 1 rings (SSSR count). The van der Waals surface area contributed by atoms with Gasteiger partial charge in [0, 0.05) is 33.9 Å². The van der Waals surface area contributed by atoms with Crippen molar-refractivity contribution in [2.24, 2.45) is 0 Å². The van der Waals surface area contributed by atoms with Crippen LogP contribution >= 0.6 is 0 Å². The van der Waals surface area contributed by atoms with Gasteiger partial charge in [-0.25, -0.2) is 4.79 Å². The van der Waals surface area contributed by atoms with E-state index in [-0.39, 0.29) is 11.9 Å². The summed E-state index contributed by atoms with van der Waals surface area (Å²) in [5.74, 6) is 0.0334. The van der Waals surface area contributed by atoms with Crippen LogP contribution in [0.4, 0.5) is 10.5 Å². The third-order valence-electron chi connectivity index (χ3n) is 2.44. The molecule has 1 aromatic rings. The maximum atomic E-state index is 11.6. The van der Waals surface area contributed by atoms with E-state index in [0.29, 0.717) is 12.1 Å². The molecule has 0 bridgehead atoms. The lowest BCUT2D eigenvalue weighted by Gasteiger charge is -2.13. The number of carbonyl (C=O) groups is 2. The number of rotatable bonds is 3. The third-order valence-corrected chi connectivity index (χ3v) is 2.44. The molecule has 1 N–H and O–H groups in total. The summed E-state index contributed by atoms with van der Waals surface area (Å²) in [6.07, 6.45) is 0.332. The minimum Gasteiger partial charge on any atom is -0.349 e. The molecule has 0 saturated heterocycles. The summed E-state index contributed by atoms with van der Waals surface area (Å²) in [5, 5.41) is 2.75. The minimum absolute atomic E-state index is 0.0334. The van der Waals surface area contributed by atoms with E-state index in [4.69, 9.17) is 0 Å². The van der Waals surface area contributed by atoms with Gasteiger partial charge < -0.3 is 15.1 Å². The number of anilines is 1. The zero-order valence-corrected chi connectivity index (χ0v) is 11.2. The number of nitrogens with one attached hydrogen (secondary N) is 1. The SMILES string of the molecule is CN(C)C(=O)Cc1cccc(NC(=O)N(C)C)c1. The summed E-state index contributed by atoms with van der Waals surface area (Å²) in [5.41, 5.74) is 1.57. The van der Waals surface area contributed by atoms with E-state index in [1.165, 1.54) is 4.90 Å². The van der Waals surface area contributed by atoms with Crippen molar-refractivity contribution in [3.63, 3.8) is 0 Å². The molecular weight excluding hydrogens is 230 g/mol. The van der Waals surface area contributed by atoms with Crippen LogP contribution in [0, 0.1) is 0 Å². The van der Waals surface area contributed by atoms with Crippen molar-refractivity contribution < 1.29 is 9.59 Å². The van der Waals surface area contributed by atoms with E-state index < -0.39 is 0 Å². The van der Waals surface area contributed by atoms with Crippen molar-refractivity contribution in [1.29, 1.82) is 0 Å². The zero-order chi connectivity index (χ0) is 13.7. The van der Waals surface area contributed by atoms with Crippen molar-refractivity contribution in [1.82, 2.24) is 9.80 Å². The lowest BCUT2D eigenvalue weighted by molar-refractivity contribution is -0.127. The summed E-state index contributed by atoms with van der Waals surface area (Å²) < 4.78 is 0. The number of nitrogens with zero attached hydrogens (tertiary/aromatic N) is 2. The van der Waals surface area contributed by atoms with Gasteiger partial charge in [0.1, 0.15) is 0 Å². The summed E-state index contributed by atoms with van der Waals surface area (Å²) in [4.78, 5) is 26.1. The van der Waals surface area contributed by atoms with Gasteiger partial charge in [0.25, 0.3) is 0 Å². The Morgan fingerprint density at radius 3 is 2.33 bits per heavy atom. The van der Waals surface area contributed by atoms with Crippen LogP contribution in [0.25, 0.3) is 0 Å². The van der Waals surface area contributed by atoms with Crippen LogP contribution in [0.2, 0.25) is 0 Å². The highest BCUT2D eigenvalue weighted by Gasteiger charge is 2.07. The summed E-state index contributed by atoms with van der Waals surface area (Å²) in [6.45, 7) is 0. The molecule has 3 amide bonds.